The molecule has 1 saturated heterocycles. The first-order valence-electron chi connectivity index (χ1n) is 9.25. The van der Waals surface area contributed by atoms with Crippen LogP contribution < -0.4 is 14.4 Å². The van der Waals surface area contributed by atoms with E-state index in [1.165, 1.54) is 7.11 Å². The molecule has 0 bridgehead atoms. The molecular weight excluding hydrogens is 372 g/mol. The Hall–Kier alpha value is -3.61. The lowest BCUT2D eigenvalue weighted by molar-refractivity contribution is -0.130. The number of rotatable bonds is 5. The summed E-state index contributed by atoms with van der Waals surface area (Å²) in [7, 11) is 3.09. The number of methoxy groups -OCH3 is 2. The van der Waals surface area contributed by atoms with Crippen molar-refractivity contribution in [2.45, 2.75) is 12.8 Å². The van der Waals surface area contributed by atoms with E-state index in [1.807, 2.05) is 12.1 Å². The van der Waals surface area contributed by atoms with Crippen LogP contribution in [0.3, 0.4) is 0 Å². The van der Waals surface area contributed by atoms with Crippen LogP contribution in [-0.2, 0) is 14.3 Å². The maximum Gasteiger partial charge on any atom is 0.363 e. The van der Waals surface area contributed by atoms with E-state index in [-0.39, 0.29) is 17.5 Å². The van der Waals surface area contributed by atoms with Gasteiger partial charge in [-0.3, -0.25) is 4.79 Å². The number of amides is 1. The zero-order chi connectivity index (χ0) is 20.4. The molecule has 4 rings (SSSR count). The maximum atomic E-state index is 12.3. The Morgan fingerprint density at radius 1 is 1.07 bits per heavy atom. The molecule has 0 atom stereocenters. The first kappa shape index (κ1) is 18.7. The number of ether oxygens (including phenoxy) is 3. The Kier molecular flexibility index (Phi) is 5.03. The molecule has 2 aliphatic heterocycles. The van der Waals surface area contributed by atoms with Gasteiger partial charge in [0, 0.05) is 29.8 Å². The van der Waals surface area contributed by atoms with Crippen molar-refractivity contribution in [1.82, 2.24) is 0 Å². The lowest BCUT2D eigenvalue weighted by Crippen LogP contribution is -2.23. The molecule has 1 fully saturated rings. The molecular formula is C22H20N2O5. The number of para-hydroxylation sites is 1. The largest absolute Gasteiger partial charge is 0.493 e. The molecule has 29 heavy (non-hydrogen) atoms. The van der Waals surface area contributed by atoms with Crippen molar-refractivity contribution in [3.8, 4) is 11.5 Å². The zero-order valence-corrected chi connectivity index (χ0v) is 16.2. The topological polar surface area (TPSA) is 77.4 Å². The highest BCUT2D eigenvalue weighted by atomic mass is 16.6. The van der Waals surface area contributed by atoms with Crippen molar-refractivity contribution in [3.05, 3.63) is 59.3 Å². The zero-order valence-electron chi connectivity index (χ0n) is 16.2. The van der Waals surface area contributed by atoms with Gasteiger partial charge >= 0.3 is 5.97 Å². The van der Waals surface area contributed by atoms with Crippen LogP contribution in [0.5, 0.6) is 11.5 Å². The minimum absolute atomic E-state index is 0.125. The normalized spacial score (nSPS) is 17.5. The number of carbonyl (C=O) groups is 2. The third kappa shape index (κ3) is 3.59. The van der Waals surface area contributed by atoms with Crippen LogP contribution in [-0.4, -0.2) is 38.5 Å². The molecule has 7 nitrogen and oxygen atoms in total. The monoisotopic (exact) mass is 392 g/mol. The van der Waals surface area contributed by atoms with Gasteiger partial charge in [-0.2, -0.15) is 0 Å². The first-order chi connectivity index (χ1) is 14.1. The predicted octanol–water partition coefficient (Wildman–Crippen LogP) is 3.18. The van der Waals surface area contributed by atoms with E-state index in [2.05, 4.69) is 4.99 Å². The van der Waals surface area contributed by atoms with Gasteiger partial charge in [0.25, 0.3) is 0 Å². The van der Waals surface area contributed by atoms with Crippen LogP contribution in [0.4, 0.5) is 5.69 Å². The number of nitrogens with zero attached hydrogens (tertiary/aromatic N) is 2. The third-order valence-electron chi connectivity index (χ3n) is 4.85. The summed E-state index contributed by atoms with van der Waals surface area (Å²) in [6.45, 7) is 0.726. The number of cyclic esters (lactones) is 1. The lowest BCUT2D eigenvalue weighted by atomic mass is 10.1. The summed E-state index contributed by atoms with van der Waals surface area (Å²) < 4.78 is 16.0. The maximum absolute atomic E-state index is 12.3. The van der Waals surface area contributed by atoms with Crippen molar-refractivity contribution < 1.29 is 23.8 Å². The summed E-state index contributed by atoms with van der Waals surface area (Å²) in [6.07, 6.45) is 3.05. The van der Waals surface area contributed by atoms with Crippen LogP contribution in [0.1, 0.15) is 24.0 Å². The first-order valence-corrected chi connectivity index (χ1v) is 9.25. The summed E-state index contributed by atoms with van der Waals surface area (Å²) in [5.41, 5.74) is 2.32. The van der Waals surface area contributed by atoms with Gasteiger partial charge in [-0.15, -0.1) is 0 Å². The molecule has 2 heterocycles. The van der Waals surface area contributed by atoms with E-state index in [0.29, 0.717) is 29.0 Å². The molecule has 2 aromatic rings. The van der Waals surface area contributed by atoms with E-state index in [9.17, 15) is 9.59 Å². The van der Waals surface area contributed by atoms with Crippen molar-refractivity contribution in [1.29, 1.82) is 0 Å². The number of aliphatic imine (C=N–C) groups is 1. The molecule has 0 radical (unpaired) electrons. The SMILES string of the molecule is COc1cccc(/C=C2/N=C(c3ccc(N4CCCC4=O)cc3)OC2=O)c1OC. The molecule has 0 aliphatic carbocycles. The number of anilines is 1. The molecule has 0 spiro atoms. The van der Waals surface area contributed by atoms with Gasteiger partial charge in [0.2, 0.25) is 11.8 Å². The number of carbonyl (C=O) groups excluding carboxylic acids is 2. The Morgan fingerprint density at radius 3 is 2.52 bits per heavy atom. The standard InChI is InChI=1S/C22H20N2O5/c1-27-18-6-3-5-15(20(18)28-2)13-17-22(26)29-21(23-17)14-8-10-16(11-9-14)24-12-4-7-19(24)25/h3,5-6,8-11,13H,4,7,12H2,1-2H3/b17-13+. The van der Waals surface area contributed by atoms with Crippen LogP contribution in [0.25, 0.3) is 6.08 Å². The number of hydrogen-bond donors (Lipinski definition) is 0. The van der Waals surface area contributed by atoms with E-state index in [4.69, 9.17) is 14.2 Å². The molecule has 0 unspecified atom stereocenters. The van der Waals surface area contributed by atoms with Gasteiger partial charge in [-0.05, 0) is 42.8 Å². The molecule has 2 aromatic carbocycles. The molecule has 0 aromatic heterocycles. The van der Waals surface area contributed by atoms with Gasteiger partial charge in [-0.25, -0.2) is 9.79 Å². The Bertz CT molecular complexity index is 1020. The second kappa shape index (κ2) is 7.79. The summed E-state index contributed by atoms with van der Waals surface area (Å²) in [5.74, 6) is 0.883. The van der Waals surface area contributed by atoms with Gasteiger partial charge < -0.3 is 19.1 Å². The molecule has 148 valence electrons. The fourth-order valence-electron chi connectivity index (χ4n) is 3.41. The van der Waals surface area contributed by atoms with E-state index in [1.54, 1.807) is 48.4 Å². The van der Waals surface area contributed by atoms with Crippen LogP contribution >= 0.6 is 0 Å². The second-order valence-electron chi connectivity index (χ2n) is 6.61. The fraction of sp³-hybridized carbons (Fsp3) is 0.227. The number of hydrogen-bond acceptors (Lipinski definition) is 6. The quantitative estimate of drug-likeness (QED) is 0.577. The highest BCUT2D eigenvalue weighted by Gasteiger charge is 2.26. The Morgan fingerprint density at radius 2 is 1.86 bits per heavy atom. The van der Waals surface area contributed by atoms with Gasteiger partial charge in [0.1, 0.15) is 0 Å². The molecule has 0 saturated carbocycles. The van der Waals surface area contributed by atoms with E-state index < -0.39 is 5.97 Å². The minimum Gasteiger partial charge on any atom is -0.493 e. The molecule has 1 amide bonds. The Balaban J connectivity index is 1.61. The average molecular weight is 392 g/mol. The number of benzene rings is 2. The number of esters is 1. The van der Waals surface area contributed by atoms with Crippen LogP contribution in [0.15, 0.2) is 53.2 Å². The van der Waals surface area contributed by atoms with E-state index in [0.717, 1.165) is 18.7 Å². The summed E-state index contributed by atoms with van der Waals surface area (Å²) in [4.78, 5) is 30.3. The predicted molar refractivity (Wildman–Crippen MR) is 108 cm³/mol. The van der Waals surface area contributed by atoms with Gasteiger partial charge in [0.15, 0.2) is 17.2 Å². The Labute approximate surface area is 168 Å². The van der Waals surface area contributed by atoms with Crippen molar-refractivity contribution in [2.75, 3.05) is 25.7 Å². The average Bonchev–Trinajstić information content (AvgIpc) is 3.33. The molecule has 2 aliphatic rings. The highest BCUT2D eigenvalue weighted by Crippen LogP contribution is 2.33. The van der Waals surface area contributed by atoms with Gasteiger partial charge in [-0.1, -0.05) is 12.1 Å². The van der Waals surface area contributed by atoms with Crippen LogP contribution in [0.2, 0.25) is 0 Å². The van der Waals surface area contributed by atoms with E-state index >= 15 is 0 Å². The van der Waals surface area contributed by atoms with Crippen LogP contribution in [0, 0.1) is 0 Å². The third-order valence-corrected chi connectivity index (χ3v) is 4.85. The summed E-state index contributed by atoms with van der Waals surface area (Å²) in [6, 6.07) is 12.6. The van der Waals surface area contributed by atoms with Crippen molar-refractivity contribution in [3.63, 3.8) is 0 Å². The summed E-state index contributed by atoms with van der Waals surface area (Å²) >= 11 is 0. The highest BCUT2D eigenvalue weighted by molar-refractivity contribution is 6.13. The lowest BCUT2D eigenvalue weighted by Gasteiger charge is -2.15. The molecule has 7 heteroatoms. The van der Waals surface area contributed by atoms with Crippen molar-refractivity contribution >= 4 is 29.5 Å². The molecule has 0 N–H and O–H groups in total. The summed E-state index contributed by atoms with van der Waals surface area (Å²) in [5, 5.41) is 0. The van der Waals surface area contributed by atoms with Crippen molar-refractivity contribution in [2.24, 2.45) is 4.99 Å². The second-order valence-corrected chi connectivity index (χ2v) is 6.61. The fourth-order valence-corrected chi connectivity index (χ4v) is 3.41. The minimum atomic E-state index is -0.538. The van der Waals surface area contributed by atoms with Gasteiger partial charge in [0.05, 0.1) is 14.2 Å². The smallest absolute Gasteiger partial charge is 0.363 e.